The highest BCUT2D eigenvalue weighted by atomic mass is 35.5. The third-order valence-electron chi connectivity index (χ3n) is 5.36. The van der Waals surface area contributed by atoms with E-state index in [4.69, 9.17) is 11.6 Å². The topological polar surface area (TPSA) is 70.5 Å². The third kappa shape index (κ3) is 3.95. The Balaban J connectivity index is 1.59. The number of carbonyl (C=O) groups is 2. The molecule has 5 rings (SSSR count). The number of ketones is 1. The molecule has 7 heteroatoms. The number of hydrogen-bond donors (Lipinski definition) is 1. The van der Waals surface area contributed by atoms with Gasteiger partial charge in [-0.3, -0.25) is 14.5 Å². The molecule has 162 valence electrons. The minimum Gasteiger partial charge on any atom is -0.503 e. The van der Waals surface area contributed by atoms with E-state index >= 15 is 0 Å². The molecule has 1 atom stereocenters. The van der Waals surface area contributed by atoms with Crippen LogP contribution < -0.4 is 4.90 Å². The van der Waals surface area contributed by atoms with E-state index in [-0.39, 0.29) is 5.57 Å². The van der Waals surface area contributed by atoms with Gasteiger partial charge >= 0.3 is 0 Å². The standard InChI is InChI=1S/C26H17ClN2O3S/c27-18-12-13-19-21(15-18)33-26(28-19)29-23(17-9-5-2-6-10-17)22(24(31)25(29)32)20(30)14-11-16-7-3-1-4-8-16/h1-15,23,31H/b14-11+. The molecular weight excluding hydrogens is 456 g/mol. The number of aliphatic hydroxyl groups excluding tert-OH is 1. The zero-order valence-corrected chi connectivity index (χ0v) is 18.8. The number of amides is 1. The molecule has 0 spiro atoms. The van der Waals surface area contributed by atoms with Crippen molar-refractivity contribution in [1.29, 1.82) is 0 Å². The van der Waals surface area contributed by atoms with Gasteiger partial charge in [-0.25, -0.2) is 4.98 Å². The molecule has 1 unspecified atom stereocenters. The van der Waals surface area contributed by atoms with E-state index in [9.17, 15) is 14.7 Å². The van der Waals surface area contributed by atoms with Crippen molar-refractivity contribution in [1.82, 2.24) is 4.98 Å². The fourth-order valence-corrected chi connectivity index (χ4v) is 5.09. The van der Waals surface area contributed by atoms with Gasteiger partial charge in [0, 0.05) is 5.02 Å². The van der Waals surface area contributed by atoms with Gasteiger partial charge in [0.2, 0.25) is 0 Å². The van der Waals surface area contributed by atoms with E-state index in [1.165, 1.54) is 22.3 Å². The summed E-state index contributed by atoms with van der Waals surface area (Å²) in [6.07, 6.45) is 3.04. The van der Waals surface area contributed by atoms with Crippen molar-refractivity contribution in [2.24, 2.45) is 0 Å². The van der Waals surface area contributed by atoms with Crippen molar-refractivity contribution >= 4 is 56.1 Å². The Labute approximate surface area is 198 Å². The van der Waals surface area contributed by atoms with Gasteiger partial charge in [-0.1, -0.05) is 89.7 Å². The number of hydrogen-bond acceptors (Lipinski definition) is 5. The molecule has 4 aromatic rings. The first-order valence-electron chi connectivity index (χ1n) is 10.2. The van der Waals surface area contributed by atoms with Crippen LogP contribution in [0.15, 0.2) is 96.3 Å². The van der Waals surface area contributed by atoms with Gasteiger partial charge in [0.05, 0.1) is 21.8 Å². The van der Waals surface area contributed by atoms with Crippen molar-refractivity contribution in [3.05, 3.63) is 112 Å². The largest absolute Gasteiger partial charge is 0.503 e. The molecule has 1 aliphatic heterocycles. The number of halogens is 1. The average molecular weight is 473 g/mol. The maximum absolute atomic E-state index is 13.2. The summed E-state index contributed by atoms with van der Waals surface area (Å²) in [6.45, 7) is 0. The van der Waals surface area contributed by atoms with E-state index in [0.717, 1.165) is 10.3 Å². The number of anilines is 1. The molecule has 1 N–H and O–H groups in total. The van der Waals surface area contributed by atoms with Crippen LogP contribution in [0.25, 0.3) is 16.3 Å². The Kier molecular flexibility index (Phi) is 5.54. The summed E-state index contributed by atoms with van der Waals surface area (Å²) in [5.41, 5.74) is 2.24. The quantitative estimate of drug-likeness (QED) is 0.354. The monoisotopic (exact) mass is 472 g/mol. The Morgan fingerprint density at radius 1 is 1.03 bits per heavy atom. The van der Waals surface area contributed by atoms with E-state index < -0.39 is 23.5 Å². The zero-order valence-electron chi connectivity index (χ0n) is 17.2. The van der Waals surface area contributed by atoms with Crippen LogP contribution in [0.2, 0.25) is 5.02 Å². The number of fused-ring (bicyclic) bond motifs is 1. The molecule has 1 aromatic heterocycles. The highest BCUT2D eigenvalue weighted by Crippen LogP contribution is 2.43. The Bertz CT molecular complexity index is 1430. The zero-order chi connectivity index (χ0) is 22.9. The predicted octanol–water partition coefficient (Wildman–Crippen LogP) is 6.13. The fourth-order valence-electron chi connectivity index (χ4n) is 3.82. The molecule has 1 aliphatic rings. The first-order valence-corrected chi connectivity index (χ1v) is 11.4. The molecule has 33 heavy (non-hydrogen) atoms. The Morgan fingerprint density at radius 3 is 2.45 bits per heavy atom. The molecule has 1 amide bonds. The number of rotatable bonds is 5. The van der Waals surface area contributed by atoms with Crippen molar-refractivity contribution in [3.63, 3.8) is 0 Å². The predicted molar refractivity (Wildman–Crippen MR) is 131 cm³/mol. The Morgan fingerprint density at radius 2 is 1.73 bits per heavy atom. The molecule has 0 aliphatic carbocycles. The van der Waals surface area contributed by atoms with Crippen LogP contribution in [0, 0.1) is 0 Å². The van der Waals surface area contributed by atoms with Gasteiger partial charge in [-0.05, 0) is 35.4 Å². The van der Waals surface area contributed by atoms with E-state index in [1.807, 2.05) is 60.7 Å². The molecule has 3 aromatic carbocycles. The van der Waals surface area contributed by atoms with Crippen LogP contribution >= 0.6 is 22.9 Å². The number of carbonyl (C=O) groups excluding carboxylic acids is 2. The van der Waals surface area contributed by atoms with Crippen LogP contribution in [-0.4, -0.2) is 21.8 Å². The lowest BCUT2D eigenvalue weighted by molar-refractivity contribution is -0.117. The van der Waals surface area contributed by atoms with Crippen molar-refractivity contribution in [2.45, 2.75) is 6.04 Å². The van der Waals surface area contributed by atoms with Gasteiger partial charge in [0.15, 0.2) is 16.7 Å². The molecular formula is C26H17ClN2O3S. The van der Waals surface area contributed by atoms with Crippen molar-refractivity contribution in [3.8, 4) is 0 Å². The van der Waals surface area contributed by atoms with Crippen LogP contribution in [0.1, 0.15) is 17.2 Å². The second kappa shape index (κ2) is 8.65. The van der Waals surface area contributed by atoms with E-state index in [0.29, 0.717) is 21.2 Å². The van der Waals surface area contributed by atoms with Crippen molar-refractivity contribution < 1.29 is 14.7 Å². The second-order valence-corrected chi connectivity index (χ2v) is 8.91. The summed E-state index contributed by atoms with van der Waals surface area (Å²) in [5.74, 6) is -1.67. The average Bonchev–Trinajstić information content (AvgIpc) is 3.36. The van der Waals surface area contributed by atoms with E-state index in [2.05, 4.69) is 4.98 Å². The Hall–Kier alpha value is -3.74. The van der Waals surface area contributed by atoms with Gasteiger partial charge in [-0.2, -0.15) is 0 Å². The number of thiazole rings is 1. The molecule has 0 radical (unpaired) electrons. The third-order valence-corrected chi connectivity index (χ3v) is 6.61. The van der Waals surface area contributed by atoms with Crippen molar-refractivity contribution in [2.75, 3.05) is 4.90 Å². The molecule has 5 nitrogen and oxygen atoms in total. The maximum atomic E-state index is 13.2. The van der Waals surface area contributed by atoms with Crippen LogP contribution in [0.5, 0.6) is 0 Å². The number of aliphatic hydroxyl groups is 1. The molecule has 0 saturated heterocycles. The lowest BCUT2D eigenvalue weighted by Gasteiger charge is -2.24. The molecule has 0 fully saturated rings. The smallest absolute Gasteiger partial charge is 0.296 e. The minimum atomic E-state index is -0.803. The molecule has 0 saturated carbocycles. The van der Waals surface area contributed by atoms with Gasteiger partial charge in [0.25, 0.3) is 5.91 Å². The SMILES string of the molecule is O=C(/C=C/c1ccccc1)C1=C(O)C(=O)N(c2nc3ccc(Cl)cc3s2)C1c1ccccc1. The van der Waals surface area contributed by atoms with Gasteiger partial charge in [0.1, 0.15) is 0 Å². The van der Waals surface area contributed by atoms with Crippen LogP contribution in [0.3, 0.4) is 0 Å². The van der Waals surface area contributed by atoms with Gasteiger partial charge in [-0.15, -0.1) is 0 Å². The molecule has 0 bridgehead atoms. The number of nitrogens with zero attached hydrogens (tertiary/aromatic N) is 2. The highest BCUT2D eigenvalue weighted by molar-refractivity contribution is 7.22. The minimum absolute atomic E-state index is 0.0238. The number of aromatic nitrogens is 1. The summed E-state index contributed by atoms with van der Waals surface area (Å²) in [7, 11) is 0. The normalized spacial score (nSPS) is 16.3. The number of benzene rings is 3. The lowest BCUT2D eigenvalue weighted by atomic mass is 9.96. The van der Waals surface area contributed by atoms with Crippen LogP contribution in [0.4, 0.5) is 5.13 Å². The first-order chi connectivity index (χ1) is 16.0. The van der Waals surface area contributed by atoms with Gasteiger partial charge < -0.3 is 5.11 Å². The summed E-state index contributed by atoms with van der Waals surface area (Å²) in [5, 5.41) is 11.7. The number of allylic oxidation sites excluding steroid dienone is 1. The summed E-state index contributed by atoms with van der Waals surface area (Å²) in [6, 6.07) is 23.0. The summed E-state index contributed by atoms with van der Waals surface area (Å²) in [4.78, 5) is 32.4. The van der Waals surface area contributed by atoms with Crippen LogP contribution in [-0.2, 0) is 9.59 Å². The summed E-state index contributed by atoms with van der Waals surface area (Å²) < 4.78 is 0.806. The molecule has 2 heterocycles. The summed E-state index contributed by atoms with van der Waals surface area (Å²) >= 11 is 7.39. The lowest BCUT2D eigenvalue weighted by Crippen LogP contribution is -2.30. The highest BCUT2D eigenvalue weighted by Gasteiger charge is 2.45. The van der Waals surface area contributed by atoms with E-state index in [1.54, 1.807) is 24.3 Å². The fraction of sp³-hybridized carbons (Fsp3) is 0.0385. The first kappa shape index (κ1) is 21.1. The second-order valence-electron chi connectivity index (χ2n) is 7.47. The maximum Gasteiger partial charge on any atom is 0.296 e.